The van der Waals surface area contributed by atoms with Crippen molar-refractivity contribution in [2.75, 3.05) is 50.3 Å². The number of aliphatic hydroxyl groups is 1. The van der Waals surface area contributed by atoms with Crippen LogP contribution in [0, 0.1) is 11.3 Å². The van der Waals surface area contributed by atoms with Gasteiger partial charge in [-0.25, -0.2) is 10.1 Å². The molecule has 0 fully saturated rings. The second-order valence-electron chi connectivity index (χ2n) is 9.57. The van der Waals surface area contributed by atoms with Crippen LogP contribution in [0.2, 0.25) is 0 Å². The average molecular weight is 601 g/mol. The fourth-order valence-corrected chi connectivity index (χ4v) is 4.60. The Bertz CT molecular complexity index is 833. The molecule has 0 saturated carbocycles. The molecule has 0 radical (unpaired) electrons. The topological polar surface area (TPSA) is 172 Å². The van der Waals surface area contributed by atoms with Gasteiger partial charge in [-0.1, -0.05) is 40.2 Å². The van der Waals surface area contributed by atoms with E-state index >= 15 is 0 Å². The third-order valence-corrected chi connectivity index (χ3v) is 7.56. The van der Waals surface area contributed by atoms with Crippen LogP contribution in [0.3, 0.4) is 0 Å². The maximum Gasteiger partial charge on any atom is 0.330 e. The average Bonchev–Trinajstić information content (AvgIpc) is 2.89. The molecule has 0 aliphatic carbocycles. The molecule has 0 spiro atoms. The first-order valence-electron chi connectivity index (χ1n) is 12.9. The lowest BCUT2D eigenvalue weighted by molar-refractivity contribution is -0.163. The van der Waals surface area contributed by atoms with E-state index in [0.29, 0.717) is 12.4 Å². The Hall–Kier alpha value is -1.71. The Morgan fingerprint density at radius 2 is 1.74 bits per heavy atom. The predicted octanol–water partition coefficient (Wildman–Crippen LogP) is 2.74. The van der Waals surface area contributed by atoms with E-state index in [1.807, 2.05) is 13.8 Å². The molecule has 0 aromatic heterocycles. The van der Waals surface area contributed by atoms with Crippen LogP contribution in [0.5, 0.6) is 0 Å². The minimum absolute atomic E-state index is 0.145. The number of carbonyl (C=O) groups is 3. The Morgan fingerprint density at radius 3 is 2.36 bits per heavy atom. The van der Waals surface area contributed by atoms with Crippen LogP contribution in [-0.4, -0.2) is 93.1 Å². The first-order chi connectivity index (χ1) is 18.4. The van der Waals surface area contributed by atoms with Crippen molar-refractivity contribution in [2.24, 2.45) is 11.3 Å². The van der Waals surface area contributed by atoms with E-state index < -0.39 is 45.3 Å². The molecule has 0 aromatic rings. The summed E-state index contributed by atoms with van der Waals surface area (Å²) in [5, 5.41) is 17.4. The van der Waals surface area contributed by atoms with Crippen molar-refractivity contribution in [1.82, 2.24) is 0 Å². The number of hydrogen-bond donors (Lipinski definition) is 2. The summed E-state index contributed by atoms with van der Waals surface area (Å²) < 4.78 is 48.2. The van der Waals surface area contributed by atoms with Gasteiger partial charge in [-0.05, 0) is 24.5 Å². The molecular formula is C25H44O12S2. The van der Waals surface area contributed by atoms with Gasteiger partial charge in [0.15, 0.2) is 0 Å². The van der Waals surface area contributed by atoms with Crippen LogP contribution in [0.4, 0.5) is 0 Å². The van der Waals surface area contributed by atoms with Crippen LogP contribution < -0.4 is 0 Å². The Morgan fingerprint density at radius 1 is 1.05 bits per heavy atom. The molecule has 12 nitrogen and oxygen atoms in total. The van der Waals surface area contributed by atoms with Gasteiger partial charge in [0.1, 0.15) is 25.1 Å². The number of hydrogen-bond acceptors (Lipinski definition) is 13. The largest absolute Gasteiger partial charge is 0.465 e. The van der Waals surface area contributed by atoms with Gasteiger partial charge in [0.2, 0.25) is 0 Å². The fraction of sp³-hybridized carbons (Fsp3) is 0.800. The highest BCUT2D eigenvalue weighted by Crippen LogP contribution is 2.25. The van der Waals surface area contributed by atoms with Crippen molar-refractivity contribution < 1.29 is 56.4 Å². The van der Waals surface area contributed by atoms with E-state index in [0.717, 1.165) is 37.5 Å². The number of esters is 3. The summed E-state index contributed by atoms with van der Waals surface area (Å²) in [6.07, 6.45) is 2.85. The van der Waals surface area contributed by atoms with E-state index in [-0.39, 0.29) is 45.2 Å². The lowest BCUT2D eigenvalue weighted by Crippen LogP contribution is -2.37. The number of thioether (sulfide) groups is 1. The molecular weight excluding hydrogens is 556 g/mol. The van der Waals surface area contributed by atoms with Crippen LogP contribution in [0.25, 0.3) is 0 Å². The van der Waals surface area contributed by atoms with Crippen molar-refractivity contribution in [2.45, 2.75) is 65.4 Å². The lowest BCUT2D eigenvalue weighted by Gasteiger charge is -2.28. The first kappa shape index (κ1) is 37.3. The summed E-state index contributed by atoms with van der Waals surface area (Å²) in [6.45, 7) is 8.41. The summed E-state index contributed by atoms with van der Waals surface area (Å²) in [5.41, 5.74) is -1.18. The lowest BCUT2D eigenvalue weighted by atomic mass is 9.88. The summed E-state index contributed by atoms with van der Waals surface area (Å²) in [5.74, 6) is -1.34. The maximum absolute atomic E-state index is 12.8. The summed E-state index contributed by atoms with van der Waals surface area (Å²) in [4.78, 5) is 36.6. The number of ether oxygens (including phenoxy) is 4. The van der Waals surface area contributed by atoms with Crippen molar-refractivity contribution in [3.05, 3.63) is 12.7 Å². The summed E-state index contributed by atoms with van der Waals surface area (Å²) in [7, 11) is -4.39. The molecule has 3 unspecified atom stereocenters. The molecule has 0 saturated heterocycles. The van der Waals surface area contributed by atoms with Gasteiger partial charge >= 0.3 is 17.9 Å². The normalized spacial score (nSPS) is 14.6. The van der Waals surface area contributed by atoms with E-state index in [2.05, 4.69) is 10.9 Å². The standard InChI is InChI=1S/C25H44O12S2/c1-5-20(3)15-33-16-21(17-39(31,32)37-30)36-24(29)14-25(4,18-34-22(27)6-2)19-35-23(28)10-13-38-12-9-7-8-11-26/h6,20-21,26,30H,2,5,7-19H2,1,3-4H3. The van der Waals surface area contributed by atoms with Crippen molar-refractivity contribution in [3.63, 3.8) is 0 Å². The van der Waals surface area contributed by atoms with Crippen molar-refractivity contribution in [1.29, 1.82) is 0 Å². The van der Waals surface area contributed by atoms with Gasteiger partial charge in [-0.3, -0.25) is 9.59 Å². The zero-order valence-electron chi connectivity index (χ0n) is 23.1. The van der Waals surface area contributed by atoms with Gasteiger partial charge in [0, 0.05) is 30.5 Å². The van der Waals surface area contributed by atoms with Gasteiger partial charge < -0.3 is 24.1 Å². The monoisotopic (exact) mass is 600 g/mol. The highest BCUT2D eigenvalue weighted by Gasteiger charge is 2.34. The van der Waals surface area contributed by atoms with Crippen LogP contribution in [-0.2, 0) is 47.8 Å². The maximum atomic E-state index is 12.8. The number of aliphatic hydroxyl groups excluding tert-OH is 1. The van der Waals surface area contributed by atoms with E-state index in [4.69, 9.17) is 29.3 Å². The second kappa shape index (κ2) is 21.1. The number of carbonyl (C=O) groups excluding carboxylic acids is 3. The Labute approximate surface area is 235 Å². The van der Waals surface area contributed by atoms with Crippen molar-refractivity contribution in [3.8, 4) is 0 Å². The molecule has 3 atom stereocenters. The van der Waals surface area contributed by atoms with Gasteiger partial charge in [-0.2, -0.15) is 20.2 Å². The van der Waals surface area contributed by atoms with Crippen LogP contribution in [0.15, 0.2) is 12.7 Å². The highest BCUT2D eigenvalue weighted by molar-refractivity contribution is 7.99. The molecule has 0 aromatic carbocycles. The smallest absolute Gasteiger partial charge is 0.330 e. The molecule has 39 heavy (non-hydrogen) atoms. The minimum atomic E-state index is -4.39. The third kappa shape index (κ3) is 19.9. The summed E-state index contributed by atoms with van der Waals surface area (Å²) in [6, 6.07) is 0. The predicted molar refractivity (Wildman–Crippen MR) is 145 cm³/mol. The molecule has 14 heteroatoms. The molecule has 0 bridgehead atoms. The number of rotatable bonds is 24. The number of unbranched alkanes of at least 4 members (excludes halogenated alkanes) is 2. The Kier molecular flexibility index (Phi) is 20.2. The van der Waals surface area contributed by atoms with Gasteiger partial charge in [-0.15, -0.1) is 4.33 Å². The first-order valence-corrected chi connectivity index (χ1v) is 15.6. The van der Waals surface area contributed by atoms with Crippen molar-refractivity contribution >= 4 is 39.8 Å². The molecule has 2 N–H and O–H groups in total. The fourth-order valence-electron chi connectivity index (χ4n) is 2.99. The third-order valence-electron chi connectivity index (χ3n) is 5.48. The van der Waals surface area contributed by atoms with E-state index in [1.54, 1.807) is 18.7 Å². The molecule has 0 heterocycles. The Balaban J connectivity index is 5.11. The molecule has 228 valence electrons. The van der Waals surface area contributed by atoms with Gasteiger partial charge in [0.05, 0.1) is 19.4 Å². The highest BCUT2D eigenvalue weighted by atomic mass is 32.2. The quantitative estimate of drug-likeness (QED) is 0.0414. The molecule has 0 aliphatic rings. The minimum Gasteiger partial charge on any atom is -0.465 e. The second-order valence-corrected chi connectivity index (χ2v) is 12.4. The van der Waals surface area contributed by atoms with Crippen LogP contribution in [0.1, 0.15) is 59.3 Å². The molecule has 0 amide bonds. The van der Waals surface area contributed by atoms with E-state index in [1.165, 1.54) is 0 Å². The SMILES string of the molecule is C=CC(=O)OCC(C)(COC(=O)CCSCCCCCO)CC(=O)OC(COCC(C)CC)CS(=O)(=O)OO. The van der Waals surface area contributed by atoms with Crippen LogP contribution >= 0.6 is 11.8 Å². The zero-order valence-corrected chi connectivity index (χ0v) is 24.8. The summed E-state index contributed by atoms with van der Waals surface area (Å²) >= 11 is 1.59. The zero-order chi connectivity index (χ0) is 29.7. The molecule has 0 aliphatic heterocycles. The van der Waals surface area contributed by atoms with E-state index in [9.17, 15) is 22.8 Å². The van der Waals surface area contributed by atoms with Gasteiger partial charge in [0.25, 0.3) is 10.1 Å². The molecule has 0 rings (SSSR count).